The first-order valence-electron chi connectivity index (χ1n) is 13.3. The van der Waals surface area contributed by atoms with Crippen LogP contribution < -0.4 is 17.0 Å². The number of hydrogen-bond donors (Lipinski definition) is 6. The van der Waals surface area contributed by atoms with Crippen LogP contribution in [-0.2, 0) is 36.7 Å². The first-order chi connectivity index (χ1) is 21.3. The Bertz CT molecular complexity index is 1940. The molecule has 3 saturated heterocycles. The van der Waals surface area contributed by atoms with Crippen molar-refractivity contribution in [2.24, 2.45) is 5.92 Å². The van der Waals surface area contributed by atoms with Crippen LogP contribution in [0.4, 0.5) is 11.8 Å². The van der Waals surface area contributed by atoms with Crippen LogP contribution in [0.2, 0.25) is 0 Å². The van der Waals surface area contributed by atoms with E-state index >= 15 is 0 Å². The predicted octanol–water partition coefficient (Wildman–Crippen LogP) is -1.07. The van der Waals surface area contributed by atoms with E-state index in [0.717, 1.165) is 10.9 Å². The highest BCUT2D eigenvalue weighted by Crippen LogP contribution is 2.54. The lowest BCUT2D eigenvalue weighted by Gasteiger charge is -2.26. The summed E-state index contributed by atoms with van der Waals surface area (Å²) in [6.45, 7) is 0.227. The third-order valence-corrected chi connectivity index (χ3v) is 9.63. The number of nitrogens with one attached hydrogen (secondary N) is 1. The van der Waals surface area contributed by atoms with E-state index < -0.39 is 83.3 Å². The van der Waals surface area contributed by atoms with E-state index in [2.05, 4.69) is 29.9 Å². The Morgan fingerprint density at radius 2 is 1.51 bits per heavy atom. The minimum Gasteiger partial charge on any atom is -0.387 e. The third-order valence-electron chi connectivity index (χ3n) is 7.66. The van der Waals surface area contributed by atoms with Crippen LogP contribution in [0.25, 0.3) is 22.3 Å². The van der Waals surface area contributed by atoms with E-state index in [1.54, 1.807) is 6.92 Å². The van der Waals surface area contributed by atoms with Gasteiger partial charge in [-0.2, -0.15) is 4.98 Å². The second kappa shape index (κ2) is 10.9. The molecular formula is C21H26N10O12P2. The number of ether oxygens (including phenoxy) is 2. The molecule has 0 aliphatic carbocycles. The van der Waals surface area contributed by atoms with Gasteiger partial charge < -0.3 is 35.8 Å². The third kappa shape index (κ3) is 5.32. The number of anilines is 2. The van der Waals surface area contributed by atoms with E-state index in [9.17, 15) is 28.8 Å². The number of aliphatic hydroxyl groups is 1. The molecule has 0 spiro atoms. The molecule has 7 heterocycles. The average Bonchev–Trinajstić information content (AvgIpc) is 3.72. The maximum atomic E-state index is 13.2. The highest BCUT2D eigenvalue weighted by molar-refractivity contribution is 7.47. The van der Waals surface area contributed by atoms with E-state index in [1.807, 2.05) is 0 Å². The van der Waals surface area contributed by atoms with Crippen molar-refractivity contribution in [2.45, 2.75) is 49.9 Å². The van der Waals surface area contributed by atoms with Gasteiger partial charge in [-0.1, -0.05) is 6.92 Å². The van der Waals surface area contributed by atoms with E-state index in [1.165, 1.54) is 17.2 Å². The second-order valence-corrected chi connectivity index (χ2v) is 13.3. The first kappa shape index (κ1) is 30.3. The number of aromatic amines is 1. The maximum absolute atomic E-state index is 13.2. The van der Waals surface area contributed by atoms with Gasteiger partial charge in [0, 0.05) is 5.92 Å². The van der Waals surface area contributed by atoms with Crippen LogP contribution in [-0.4, -0.2) is 97.7 Å². The standard InChI is InChI=1S/C21H26N10O12P2/c1-7-13-9(41-19(7)30-5-26-10-15(22)24-4-25-16(10)30)3-39-45(36,37)43-14-12(32)8(2-38-44(34,35)42-13)40-20(14)31-6-27-11-17(31)28-21(23)29-18(11)33/h4-9,12-14,19-20,32H,2-3H2,1H3,(H,34,35)(H,36,37)(H2,22,24,25)(H3,23,28,29,33)/t7?,8-,9-,12?,13-,14+,19-,20-/m1/s1. The number of nitrogens with zero attached hydrogens (tertiary/aromatic N) is 7. The Balaban J connectivity index is 1.21. The zero-order valence-electron chi connectivity index (χ0n) is 23.0. The highest BCUT2D eigenvalue weighted by atomic mass is 31.2. The Morgan fingerprint density at radius 3 is 2.24 bits per heavy atom. The summed E-state index contributed by atoms with van der Waals surface area (Å²) >= 11 is 0. The summed E-state index contributed by atoms with van der Waals surface area (Å²) in [5.41, 5.74) is 11.2. The summed E-state index contributed by atoms with van der Waals surface area (Å²) < 4.78 is 62.3. The van der Waals surface area contributed by atoms with Crippen LogP contribution in [0.1, 0.15) is 19.4 Å². The Labute approximate surface area is 250 Å². The minimum absolute atomic E-state index is 0.101. The molecule has 3 aliphatic rings. The zero-order valence-corrected chi connectivity index (χ0v) is 24.7. The van der Waals surface area contributed by atoms with Gasteiger partial charge in [-0.25, -0.2) is 29.1 Å². The van der Waals surface area contributed by atoms with Crippen molar-refractivity contribution in [2.75, 3.05) is 24.7 Å². The summed E-state index contributed by atoms with van der Waals surface area (Å²) in [5.74, 6) is -0.856. The number of nitrogens with two attached hydrogens (primary N) is 2. The number of aliphatic hydroxyl groups excluding tert-OH is 1. The number of nitrogen functional groups attached to an aromatic ring is 2. The smallest absolute Gasteiger partial charge is 0.387 e. The zero-order chi connectivity index (χ0) is 31.8. The molecule has 0 aromatic carbocycles. The number of imidazole rings is 2. The van der Waals surface area contributed by atoms with Crippen LogP contribution in [0.3, 0.4) is 0 Å². The fraction of sp³-hybridized carbons (Fsp3) is 0.524. The number of phosphoric ester groups is 2. The summed E-state index contributed by atoms with van der Waals surface area (Å²) in [4.78, 5) is 56.3. The lowest BCUT2D eigenvalue weighted by molar-refractivity contribution is -0.0670. The lowest BCUT2D eigenvalue weighted by atomic mass is 10.0. The number of fused-ring (bicyclic) bond motifs is 5. The molecule has 8 N–H and O–H groups in total. The largest absolute Gasteiger partial charge is 0.472 e. The Kier molecular flexibility index (Phi) is 7.30. The number of aromatic nitrogens is 8. The fourth-order valence-corrected chi connectivity index (χ4v) is 7.55. The SMILES string of the molecule is CC1[C@H]2OP(=O)(O)OC[C@H]3O[C@@H](n4cnc5c(=O)[nH]c(N)nc54)[C@@H](OP(=O)(O)OC[C@H]2O[C@H]1n1cnc2c(N)ncnc21)C3O. The van der Waals surface area contributed by atoms with Crippen LogP contribution in [0.5, 0.6) is 0 Å². The number of H-pyrrole nitrogens is 1. The van der Waals surface area contributed by atoms with E-state index in [0.29, 0.717) is 5.65 Å². The van der Waals surface area contributed by atoms with Crippen molar-refractivity contribution in [3.63, 3.8) is 0 Å². The molecule has 7 rings (SSSR count). The van der Waals surface area contributed by atoms with Gasteiger partial charge in [0.05, 0.1) is 25.9 Å². The molecule has 0 amide bonds. The summed E-state index contributed by atoms with van der Waals surface area (Å²) in [6, 6.07) is 0. The summed E-state index contributed by atoms with van der Waals surface area (Å²) in [7, 11) is -9.94. The van der Waals surface area contributed by atoms with E-state index in [4.69, 9.17) is 39.0 Å². The molecular weight excluding hydrogens is 646 g/mol. The summed E-state index contributed by atoms with van der Waals surface area (Å²) in [6.07, 6.45) is -5.89. The number of hydrogen-bond acceptors (Lipinski definition) is 17. The lowest BCUT2D eigenvalue weighted by Crippen LogP contribution is -2.35. The number of rotatable bonds is 2. The molecule has 4 aromatic heterocycles. The molecule has 10 atom stereocenters. The number of phosphoric acid groups is 2. The molecule has 45 heavy (non-hydrogen) atoms. The van der Waals surface area contributed by atoms with Crippen LogP contribution in [0, 0.1) is 5.92 Å². The minimum atomic E-state index is -5.03. The van der Waals surface area contributed by atoms with E-state index in [-0.39, 0.29) is 28.4 Å². The van der Waals surface area contributed by atoms with Crippen LogP contribution in [0.15, 0.2) is 23.8 Å². The van der Waals surface area contributed by atoms with Gasteiger partial charge in [0.25, 0.3) is 5.56 Å². The molecule has 0 radical (unpaired) electrons. The molecule has 0 saturated carbocycles. The highest BCUT2D eigenvalue weighted by Gasteiger charge is 2.53. The van der Waals surface area contributed by atoms with Gasteiger partial charge in [-0.15, -0.1) is 0 Å². The monoisotopic (exact) mass is 672 g/mol. The summed E-state index contributed by atoms with van der Waals surface area (Å²) in [5, 5.41) is 11.0. The molecule has 4 unspecified atom stereocenters. The molecule has 24 heteroatoms. The van der Waals surface area contributed by atoms with Gasteiger partial charge in [-0.3, -0.25) is 37.0 Å². The van der Waals surface area contributed by atoms with Gasteiger partial charge in [-0.05, 0) is 0 Å². The van der Waals surface area contributed by atoms with Gasteiger partial charge in [0.2, 0.25) is 5.95 Å². The first-order valence-corrected chi connectivity index (χ1v) is 16.3. The topological polar surface area (TPSA) is 309 Å². The predicted molar refractivity (Wildman–Crippen MR) is 147 cm³/mol. The van der Waals surface area contributed by atoms with Crippen molar-refractivity contribution in [3.05, 3.63) is 29.3 Å². The molecule has 242 valence electrons. The molecule has 3 fully saturated rings. The molecule has 3 aliphatic heterocycles. The van der Waals surface area contributed by atoms with Crippen molar-refractivity contribution in [3.8, 4) is 0 Å². The van der Waals surface area contributed by atoms with Crippen molar-refractivity contribution >= 4 is 49.7 Å². The van der Waals surface area contributed by atoms with Crippen molar-refractivity contribution in [1.82, 2.24) is 39.0 Å². The molecule has 4 aromatic rings. The Hall–Kier alpha value is -3.40. The van der Waals surface area contributed by atoms with Gasteiger partial charge >= 0.3 is 15.6 Å². The van der Waals surface area contributed by atoms with Gasteiger partial charge in [0.15, 0.2) is 28.9 Å². The van der Waals surface area contributed by atoms with Crippen LogP contribution >= 0.6 is 15.6 Å². The fourth-order valence-electron chi connectivity index (χ4n) is 5.58. The Morgan fingerprint density at radius 1 is 0.889 bits per heavy atom. The molecule has 22 nitrogen and oxygen atoms in total. The van der Waals surface area contributed by atoms with Crippen molar-refractivity contribution in [1.29, 1.82) is 0 Å². The normalized spacial score (nSPS) is 37.7. The van der Waals surface area contributed by atoms with Gasteiger partial charge in [0.1, 0.15) is 48.6 Å². The van der Waals surface area contributed by atoms with Crippen molar-refractivity contribution < 1.29 is 51.6 Å². The average molecular weight is 672 g/mol. The maximum Gasteiger partial charge on any atom is 0.472 e. The quantitative estimate of drug-likeness (QED) is 0.138. The molecule has 2 bridgehead atoms. The second-order valence-electron chi connectivity index (χ2n) is 10.5.